The summed E-state index contributed by atoms with van der Waals surface area (Å²) in [6, 6.07) is 20.4. The number of carboxylic acids is 1. The molecule has 0 amide bonds. The van der Waals surface area contributed by atoms with Crippen LogP contribution in [0, 0.1) is 0 Å². The van der Waals surface area contributed by atoms with Crippen molar-refractivity contribution < 1.29 is 14.6 Å². The van der Waals surface area contributed by atoms with E-state index >= 15 is 0 Å². The first-order valence-electron chi connectivity index (χ1n) is 14.5. The van der Waals surface area contributed by atoms with Gasteiger partial charge in [0.15, 0.2) is 0 Å². The van der Waals surface area contributed by atoms with E-state index in [9.17, 15) is 9.90 Å². The maximum Gasteiger partial charge on any atom is 0.335 e. The Hall–Kier alpha value is -3.75. The zero-order chi connectivity index (χ0) is 27.1. The smallest absolute Gasteiger partial charge is 0.335 e. The minimum atomic E-state index is -0.916. The standard InChI is InChI=1S/C32H35N5O3/c38-32(39)24-10-11-27-29(19-24)37(20-25-14-18-40-25)31(34-27)21-35-16-12-22(13-17-35)26-7-3-9-30(33-26)36-15-4-6-23-5-1-2-8-28(23)36/h1-3,5,7-11,19,22,25H,4,6,12-18,20-21H2,(H,38,39)/t25-/m0/s1. The molecule has 8 nitrogen and oxygen atoms in total. The summed E-state index contributed by atoms with van der Waals surface area (Å²) >= 11 is 0. The zero-order valence-corrected chi connectivity index (χ0v) is 22.7. The quantitative estimate of drug-likeness (QED) is 0.339. The molecule has 5 heterocycles. The largest absolute Gasteiger partial charge is 0.478 e. The van der Waals surface area contributed by atoms with Gasteiger partial charge in [-0.3, -0.25) is 4.90 Å². The van der Waals surface area contributed by atoms with Gasteiger partial charge in [0, 0.05) is 30.5 Å². The number of pyridine rings is 1. The first kappa shape index (κ1) is 25.2. The molecule has 3 aliphatic heterocycles. The van der Waals surface area contributed by atoms with Crippen LogP contribution in [0.4, 0.5) is 11.5 Å². The second kappa shape index (κ2) is 10.7. The average Bonchev–Trinajstić information content (AvgIpc) is 3.30. The van der Waals surface area contributed by atoms with Crippen LogP contribution < -0.4 is 4.90 Å². The Morgan fingerprint density at radius 3 is 2.62 bits per heavy atom. The molecule has 7 rings (SSSR count). The number of ether oxygens (including phenoxy) is 1. The van der Waals surface area contributed by atoms with Crippen LogP contribution in [-0.4, -0.2) is 62.9 Å². The van der Waals surface area contributed by atoms with E-state index in [0.29, 0.717) is 18.0 Å². The van der Waals surface area contributed by atoms with Crippen molar-refractivity contribution in [3.8, 4) is 0 Å². The molecular weight excluding hydrogens is 502 g/mol. The molecule has 2 aromatic heterocycles. The van der Waals surface area contributed by atoms with E-state index in [1.54, 1.807) is 12.1 Å². The molecule has 2 saturated heterocycles. The van der Waals surface area contributed by atoms with E-state index in [-0.39, 0.29) is 6.10 Å². The fraction of sp³-hybridized carbons (Fsp3) is 0.406. The number of carboxylic acid groups (broad SMARTS) is 1. The van der Waals surface area contributed by atoms with E-state index in [4.69, 9.17) is 14.7 Å². The molecule has 0 bridgehead atoms. The second-order valence-corrected chi connectivity index (χ2v) is 11.3. The molecule has 8 heteroatoms. The lowest BCUT2D eigenvalue weighted by Gasteiger charge is -2.33. The van der Waals surface area contributed by atoms with Crippen LogP contribution in [0.1, 0.15) is 59.0 Å². The topological polar surface area (TPSA) is 83.7 Å². The van der Waals surface area contributed by atoms with Crippen molar-refractivity contribution in [1.82, 2.24) is 19.4 Å². The number of carbonyl (C=O) groups is 1. The molecular formula is C32H35N5O3. The van der Waals surface area contributed by atoms with Gasteiger partial charge in [0.25, 0.3) is 0 Å². The molecule has 2 fully saturated rings. The number of fused-ring (bicyclic) bond motifs is 2. The highest BCUT2D eigenvalue weighted by molar-refractivity contribution is 5.92. The molecule has 40 heavy (non-hydrogen) atoms. The lowest BCUT2D eigenvalue weighted by Crippen LogP contribution is -2.35. The fourth-order valence-electron chi connectivity index (χ4n) is 6.44. The molecule has 1 atom stereocenters. The third-order valence-electron chi connectivity index (χ3n) is 8.77. The minimum absolute atomic E-state index is 0.167. The number of hydrogen-bond acceptors (Lipinski definition) is 6. The van der Waals surface area contributed by atoms with Crippen molar-refractivity contribution in [2.45, 2.75) is 57.2 Å². The Kier molecular flexibility index (Phi) is 6.73. The number of benzene rings is 2. The Balaban J connectivity index is 1.06. The predicted octanol–water partition coefficient (Wildman–Crippen LogP) is 5.38. The molecule has 0 radical (unpaired) electrons. The lowest BCUT2D eigenvalue weighted by atomic mass is 9.93. The molecule has 0 saturated carbocycles. The summed E-state index contributed by atoms with van der Waals surface area (Å²) in [7, 11) is 0. The number of hydrogen-bond donors (Lipinski definition) is 1. The zero-order valence-electron chi connectivity index (χ0n) is 22.7. The van der Waals surface area contributed by atoms with Gasteiger partial charge in [0.2, 0.25) is 0 Å². The molecule has 0 unspecified atom stereocenters. The van der Waals surface area contributed by atoms with Crippen LogP contribution in [0.5, 0.6) is 0 Å². The van der Waals surface area contributed by atoms with Gasteiger partial charge in [0.1, 0.15) is 11.6 Å². The van der Waals surface area contributed by atoms with Crippen LogP contribution >= 0.6 is 0 Å². The van der Waals surface area contributed by atoms with Gasteiger partial charge in [-0.15, -0.1) is 0 Å². The second-order valence-electron chi connectivity index (χ2n) is 11.3. The van der Waals surface area contributed by atoms with E-state index < -0.39 is 5.97 Å². The van der Waals surface area contributed by atoms with Gasteiger partial charge in [-0.25, -0.2) is 14.8 Å². The number of nitrogens with zero attached hydrogens (tertiary/aromatic N) is 5. The maximum absolute atomic E-state index is 11.6. The Labute approximate surface area is 234 Å². The van der Waals surface area contributed by atoms with E-state index in [1.165, 1.54) is 16.9 Å². The van der Waals surface area contributed by atoms with Gasteiger partial charge < -0.3 is 19.3 Å². The number of imidazole rings is 1. The van der Waals surface area contributed by atoms with Crippen LogP contribution in [0.3, 0.4) is 0 Å². The Morgan fingerprint density at radius 2 is 1.82 bits per heavy atom. The number of para-hydroxylation sites is 1. The highest BCUT2D eigenvalue weighted by Crippen LogP contribution is 2.34. The lowest BCUT2D eigenvalue weighted by molar-refractivity contribution is -0.0592. The van der Waals surface area contributed by atoms with Gasteiger partial charge in [-0.1, -0.05) is 24.3 Å². The summed E-state index contributed by atoms with van der Waals surface area (Å²) in [4.78, 5) is 26.6. The Bertz CT molecular complexity index is 1540. The SMILES string of the molecule is O=C(O)c1ccc2nc(CN3CCC(c4cccc(N5CCCc6ccccc65)n4)CC3)n(C[C@@H]3CCO3)c2c1. The molecule has 4 aromatic rings. The van der Waals surface area contributed by atoms with Gasteiger partial charge in [0.05, 0.1) is 35.8 Å². The van der Waals surface area contributed by atoms with Gasteiger partial charge in [-0.05, 0) is 87.2 Å². The van der Waals surface area contributed by atoms with Crippen molar-refractivity contribution in [2.75, 3.05) is 31.1 Å². The van der Waals surface area contributed by atoms with E-state index in [2.05, 4.69) is 56.8 Å². The number of aryl methyl sites for hydroxylation is 1. The highest BCUT2D eigenvalue weighted by atomic mass is 16.5. The predicted molar refractivity (Wildman–Crippen MR) is 154 cm³/mol. The first-order valence-corrected chi connectivity index (χ1v) is 14.5. The minimum Gasteiger partial charge on any atom is -0.478 e. The molecule has 2 aromatic carbocycles. The number of piperidine rings is 1. The third-order valence-corrected chi connectivity index (χ3v) is 8.77. The van der Waals surface area contributed by atoms with Crippen LogP contribution in [0.15, 0.2) is 60.7 Å². The first-order chi connectivity index (χ1) is 19.6. The van der Waals surface area contributed by atoms with Gasteiger partial charge >= 0.3 is 5.97 Å². The van der Waals surface area contributed by atoms with Crippen molar-refractivity contribution >= 4 is 28.5 Å². The molecule has 0 spiro atoms. The number of anilines is 2. The average molecular weight is 538 g/mol. The maximum atomic E-state index is 11.6. The number of aromatic nitrogens is 3. The van der Waals surface area contributed by atoms with Crippen molar-refractivity contribution in [2.24, 2.45) is 0 Å². The summed E-state index contributed by atoms with van der Waals surface area (Å²) in [5.74, 6) is 1.56. The summed E-state index contributed by atoms with van der Waals surface area (Å²) in [5.41, 5.74) is 5.89. The third kappa shape index (κ3) is 4.86. The summed E-state index contributed by atoms with van der Waals surface area (Å²) in [6.45, 7) is 5.21. The Morgan fingerprint density at radius 1 is 0.975 bits per heavy atom. The number of aromatic carboxylic acids is 1. The van der Waals surface area contributed by atoms with E-state index in [0.717, 1.165) is 87.6 Å². The monoisotopic (exact) mass is 537 g/mol. The van der Waals surface area contributed by atoms with Crippen LogP contribution in [0.2, 0.25) is 0 Å². The normalized spacial score (nSPS) is 19.9. The van der Waals surface area contributed by atoms with Crippen molar-refractivity contribution in [1.29, 1.82) is 0 Å². The van der Waals surface area contributed by atoms with Crippen molar-refractivity contribution in [3.63, 3.8) is 0 Å². The summed E-state index contributed by atoms with van der Waals surface area (Å²) < 4.78 is 7.90. The van der Waals surface area contributed by atoms with Crippen molar-refractivity contribution in [3.05, 3.63) is 83.3 Å². The molecule has 1 N–H and O–H groups in total. The molecule has 0 aliphatic carbocycles. The van der Waals surface area contributed by atoms with Gasteiger partial charge in [-0.2, -0.15) is 0 Å². The van der Waals surface area contributed by atoms with E-state index in [1.807, 2.05) is 6.07 Å². The summed E-state index contributed by atoms with van der Waals surface area (Å²) in [6.07, 6.45) is 5.59. The fourth-order valence-corrected chi connectivity index (χ4v) is 6.44. The molecule has 3 aliphatic rings. The highest BCUT2D eigenvalue weighted by Gasteiger charge is 2.27. The number of rotatable bonds is 7. The number of likely N-dealkylation sites (tertiary alicyclic amines) is 1. The summed E-state index contributed by atoms with van der Waals surface area (Å²) in [5, 5.41) is 9.53. The van der Waals surface area contributed by atoms with Crippen LogP contribution in [0.25, 0.3) is 11.0 Å². The van der Waals surface area contributed by atoms with Crippen LogP contribution in [-0.2, 0) is 24.2 Å². The molecule has 206 valence electrons.